The number of anilines is 2. The molecule has 0 bridgehead atoms. The maximum Gasteiger partial charge on any atom is 0.308 e. The molecular formula is C34H45N5O5. The van der Waals surface area contributed by atoms with Gasteiger partial charge >= 0.3 is 5.97 Å². The number of carbonyl (C=O) groups is 1. The molecular weight excluding hydrogens is 558 g/mol. The lowest BCUT2D eigenvalue weighted by Crippen LogP contribution is -2.47. The van der Waals surface area contributed by atoms with Crippen molar-refractivity contribution in [1.82, 2.24) is 15.0 Å². The average Bonchev–Trinajstić information content (AvgIpc) is 3.25. The highest BCUT2D eigenvalue weighted by molar-refractivity contribution is 5.70. The van der Waals surface area contributed by atoms with Gasteiger partial charge in [-0.05, 0) is 68.7 Å². The smallest absolute Gasteiger partial charge is 0.308 e. The highest BCUT2D eigenvalue weighted by Crippen LogP contribution is 2.41. The van der Waals surface area contributed by atoms with Crippen LogP contribution in [0.25, 0.3) is 11.5 Å². The molecule has 10 nitrogen and oxygen atoms in total. The largest absolute Gasteiger partial charge is 0.459 e. The molecule has 0 unspecified atom stereocenters. The van der Waals surface area contributed by atoms with Gasteiger partial charge in [0.05, 0.1) is 39.5 Å². The maximum atomic E-state index is 12.4. The summed E-state index contributed by atoms with van der Waals surface area (Å²) in [6.45, 7) is 9.56. The van der Waals surface area contributed by atoms with Crippen LogP contribution in [0.15, 0.2) is 54.7 Å². The molecule has 0 saturated heterocycles. The Hall–Kier alpha value is -3.60. The number of pyridine rings is 1. The third-order valence-corrected chi connectivity index (χ3v) is 8.12. The van der Waals surface area contributed by atoms with Crippen molar-refractivity contribution in [3.05, 3.63) is 65.9 Å². The molecule has 0 amide bonds. The molecule has 236 valence electrons. The molecule has 10 heteroatoms. The molecule has 44 heavy (non-hydrogen) atoms. The van der Waals surface area contributed by atoms with E-state index in [1.54, 1.807) is 6.20 Å². The molecule has 0 atom stereocenters. The number of ether oxygens (including phenoxy) is 4. The van der Waals surface area contributed by atoms with Gasteiger partial charge in [-0.2, -0.15) is 0 Å². The molecule has 1 aromatic carbocycles. The second-order valence-corrected chi connectivity index (χ2v) is 11.7. The quantitative estimate of drug-likeness (QED) is 0.182. The molecule has 3 aromatic rings. The Morgan fingerprint density at radius 3 is 2.30 bits per heavy atom. The fourth-order valence-corrected chi connectivity index (χ4v) is 5.90. The third kappa shape index (κ3) is 9.20. The number of hydrogen-bond acceptors (Lipinski definition) is 10. The molecule has 1 aliphatic heterocycles. The lowest BCUT2D eigenvalue weighted by atomic mass is 9.72. The molecule has 0 spiro atoms. The summed E-state index contributed by atoms with van der Waals surface area (Å²) >= 11 is 0. The molecule has 1 fully saturated rings. The van der Waals surface area contributed by atoms with Crippen LogP contribution in [-0.4, -0.2) is 85.8 Å². The number of esters is 1. The van der Waals surface area contributed by atoms with Crippen molar-refractivity contribution in [1.29, 1.82) is 0 Å². The Balaban J connectivity index is 1.10. The van der Waals surface area contributed by atoms with Crippen molar-refractivity contribution in [2.75, 3.05) is 69.5 Å². The van der Waals surface area contributed by atoms with Crippen LogP contribution in [-0.2, 0) is 36.6 Å². The van der Waals surface area contributed by atoms with Crippen LogP contribution < -0.4 is 10.2 Å². The number of nitrogens with one attached hydrogen (secondary N) is 1. The van der Waals surface area contributed by atoms with E-state index in [1.807, 2.05) is 38.1 Å². The van der Waals surface area contributed by atoms with E-state index in [4.69, 9.17) is 28.9 Å². The van der Waals surface area contributed by atoms with E-state index in [2.05, 4.69) is 39.5 Å². The van der Waals surface area contributed by atoms with Crippen molar-refractivity contribution >= 4 is 17.6 Å². The number of hydrogen-bond donors (Lipinski definition) is 1. The predicted molar refractivity (Wildman–Crippen MR) is 170 cm³/mol. The molecule has 1 aliphatic carbocycles. The monoisotopic (exact) mass is 603 g/mol. The van der Waals surface area contributed by atoms with Crippen LogP contribution in [0.5, 0.6) is 0 Å². The van der Waals surface area contributed by atoms with E-state index in [0.717, 1.165) is 62.6 Å². The van der Waals surface area contributed by atoms with Crippen LogP contribution in [0.3, 0.4) is 0 Å². The number of aromatic nitrogens is 3. The minimum Gasteiger partial charge on any atom is -0.459 e. The first-order chi connectivity index (χ1) is 21.5. The van der Waals surface area contributed by atoms with Gasteiger partial charge in [0, 0.05) is 38.5 Å². The lowest BCUT2D eigenvalue weighted by Gasteiger charge is -2.44. The van der Waals surface area contributed by atoms with Crippen LogP contribution >= 0.6 is 0 Å². The maximum absolute atomic E-state index is 12.4. The highest BCUT2D eigenvalue weighted by Gasteiger charge is 2.43. The van der Waals surface area contributed by atoms with Gasteiger partial charge in [-0.25, -0.2) is 9.97 Å². The van der Waals surface area contributed by atoms with E-state index in [9.17, 15) is 4.79 Å². The SMILES string of the molecule is CCOCCOCCOCCC(=O)O[C@]1(C)C[C@@H](CNc2cc(N3CCc4ccccc4CC3)nc(-c3ccccn3)n2)C1. The first kappa shape index (κ1) is 31.8. The Labute approximate surface area is 260 Å². The zero-order valence-corrected chi connectivity index (χ0v) is 26.0. The Morgan fingerprint density at radius 1 is 0.932 bits per heavy atom. The van der Waals surface area contributed by atoms with E-state index in [0.29, 0.717) is 51.4 Å². The molecule has 1 saturated carbocycles. The van der Waals surface area contributed by atoms with Crippen LogP contribution in [0.1, 0.15) is 44.2 Å². The predicted octanol–water partition coefficient (Wildman–Crippen LogP) is 4.73. The topological polar surface area (TPSA) is 108 Å². The summed E-state index contributed by atoms with van der Waals surface area (Å²) in [6.07, 6.45) is 5.57. The zero-order valence-electron chi connectivity index (χ0n) is 26.0. The molecule has 0 radical (unpaired) electrons. The third-order valence-electron chi connectivity index (χ3n) is 8.12. The number of rotatable bonds is 16. The van der Waals surface area contributed by atoms with E-state index < -0.39 is 5.60 Å². The number of benzene rings is 1. The fourth-order valence-electron chi connectivity index (χ4n) is 5.90. The van der Waals surface area contributed by atoms with Gasteiger partial charge in [0.15, 0.2) is 5.82 Å². The summed E-state index contributed by atoms with van der Waals surface area (Å²) in [7, 11) is 0. The number of nitrogens with zero attached hydrogens (tertiary/aromatic N) is 4. The second kappa shape index (κ2) is 15.9. The van der Waals surface area contributed by atoms with Crippen molar-refractivity contribution in [3.63, 3.8) is 0 Å². The first-order valence-corrected chi connectivity index (χ1v) is 15.8. The summed E-state index contributed by atoms with van der Waals surface area (Å²) < 4.78 is 22.0. The second-order valence-electron chi connectivity index (χ2n) is 11.7. The van der Waals surface area contributed by atoms with E-state index >= 15 is 0 Å². The van der Waals surface area contributed by atoms with Crippen molar-refractivity contribution < 1.29 is 23.7 Å². The van der Waals surface area contributed by atoms with Crippen LogP contribution in [0.4, 0.5) is 11.6 Å². The number of fused-ring (bicyclic) bond motifs is 1. The van der Waals surface area contributed by atoms with Gasteiger partial charge in [-0.1, -0.05) is 30.3 Å². The highest BCUT2D eigenvalue weighted by atomic mass is 16.6. The zero-order chi connectivity index (χ0) is 30.6. The van der Waals surface area contributed by atoms with Gasteiger partial charge in [-0.15, -0.1) is 0 Å². The molecule has 3 heterocycles. The summed E-state index contributed by atoms with van der Waals surface area (Å²) in [5, 5.41) is 3.54. The standard InChI is InChI=1S/C34H45N5O5/c1-3-41-18-19-43-21-20-42-17-13-32(40)44-34(2)23-26(24-34)25-36-30-22-31(38-33(37-30)29-10-6-7-14-35-29)39-15-11-27-8-4-5-9-28(27)12-16-39/h4-10,14,22,26H,3,11-13,15-21,23-25H2,1-2H3,(H,36,37,38)/t26-,34-. The molecule has 2 aromatic heterocycles. The minimum atomic E-state index is -0.442. The van der Waals surface area contributed by atoms with E-state index in [1.165, 1.54) is 11.1 Å². The number of carbonyl (C=O) groups excluding carboxylic acids is 1. The summed E-state index contributed by atoms with van der Waals surface area (Å²) in [5.74, 6) is 2.45. The lowest BCUT2D eigenvalue weighted by molar-refractivity contribution is -0.173. The molecule has 2 aliphatic rings. The normalized spacial score (nSPS) is 19.5. The summed E-state index contributed by atoms with van der Waals surface area (Å²) in [5.41, 5.74) is 3.12. The first-order valence-electron chi connectivity index (χ1n) is 15.8. The fraction of sp³-hybridized carbons (Fsp3) is 0.529. The van der Waals surface area contributed by atoms with Gasteiger partial charge in [0.25, 0.3) is 0 Å². The molecule has 5 rings (SSSR count). The van der Waals surface area contributed by atoms with Crippen molar-refractivity contribution in [2.45, 2.75) is 51.6 Å². The molecule has 1 N–H and O–H groups in total. The van der Waals surface area contributed by atoms with E-state index in [-0.39, 0.29) is 12.4 Å². The van der Waals surface area contributed by atoms with Crippen LogP contribution in [0.2, 0.25) is 0 Å². The van der Waals surface area contributed by atoms with Crippen LogP contribution in [0, 0.1) is 5.92 Å². The average molecular weight is 604 g/mol. The van der Waals surface area contributed by atoms with Gasteiger partial charge < -0.3 is 29.2 Å². The Bertz CT molecular complexity index is 1310. The Kier molecular flexibility index (Phi) is 11.5. The van der Waals surface area contributed by atoms with Crippen molar-refractivity contribution in [2.24, 2.45) is 5.92 Å². The van der Waals surface area contributed by atoms with Crippen molar-refractivity contribution in [3.8, 4) is 11.5 Å². The van der Waals surface area contributed by atoms with Gasteiger partial charge in [-0.3, -0.25) is 9.78 Å². The summed E-state index contributed by atoms with van der Waals surface area (Å²) in [6, 6.07) is 16.5. The minimum absolute atomic E-state index is 0.226. The Morgan fingerprint density at radius 2 is 1.61 bits per heavy atom. The van der Waals surface area contributed by atoms with Gasteiger partial charge in [0.2, 0.25) is 0 Å². The summed E-state index contributed by atoms with van der Waals surface area (Å²) in [4.78, 5) is 29.0. The van der Waals surface area contributed by atoms with Gasteiger partial charge in [0.1, 0.15) is 22.9 Å².